The zero-order valence-electron chi connectivity index (χ0n) is 17.1. The molecular formula is C22H28N2O6. The van der Waals surface area contributed by atoms with Crippen LogP contribution in [-0.2, 0) is 14.3 Å². The molecule has 1 aliphatic heterocycles. The van der Waals surface area contributed by atoms with Gasteiger partial charge in [-0.15, -0.1) is 0 Å². The average molecular weight is 416 g/mol. The van der Waals surface area contributed by atoms with Crippen molar-refractivity contribution in [1.29, 1.82) is 0 Å². The summed E-state index contributed by atoms with van der Waals surface area (Å²) >= 11 is 0. The fourth-order valence-corrected chi connectivity index (χ4v) is 3.53. The third-order valence-corrected chi connectivity index (χ3v) is 5.21. The molecular weight excluding hydrogens is 388 g/mol. The maximum absolute atomic E-state index is 11.9. The lowest BCUT2D eigenvalue weighted by Gasteiger charge is -2.29. The summed E-state index contributed by atoms with van der Waals surface area (Å²) in [7, 11) is 0. The Morgan fingerprint density at radius 1 is 1.10 bits per heavy atom. The molecule has 0 unspecified atom stereocenters. The maximum atomic E-state index is 11.9. The zero-order chi connectivity index (χ0) is 21.3. The number of amides is 3. The summed E-state index contributed by atoms with van der Waals surface area (Å²) in [6.07, 6.45) is 7.79. The monoisotopic (exact) mass is 416 g/mol. The molecule has 0 saturated heterocycles. The molecule has 162 valence electrons. The second-order valence-corrected chi connectivity index (χ2v) is 7.59. The largest absolute Gasteiger partial charge is 0.490 e. The van der Waals surface area contributed by atoms with E-state index in [0.717, 1.165) is 37.7 Å². The van der Waals surface area contributed by atoms with Crippen LogP contribution in [0.3, 0.4) is 0 Å². The summed E-state index contributed by atoms with van der Waals surface area (Å²) in [6.45, 7) is 2.74. The van der Waals surface area contributed by atoms with Gasteiger partial charge in [0.2, 0.25) is 0 Å². The molecule has 0 bridgehead atoms. The highest BCUT2D eigenvalue weighted by Crippen LogP contribution is 2.30. The van der Waals surface area contributed by atoms with Gasteiger partial charge in [0.25, 0.3) is 5.91 Å². The lowest BCUT2D eigenvalue weighted by Crippen LogP contribution is -2.48. The van der Waals surface area contributed by atoms with Gasteiger partial charge in [0.15, 0.2) is 18.1 Å². The smallest absolute Gasteiger partial charge is 0.331 e. The van der Waals surface area contributed by atoms with Gasteiger partial charge >= 0.3 is 12.0 Å². The lowest BCUT2D eigenvalue weighted by atomic mass is 9.86. The maximum Gasteiger partial charge on any atom is 0.331 e. The molecule has 0 radical (unpaired) electrons. The van der Waals surface area contributed by atoms with Crippen LogP contribution in [0.15, 0.2) is 24.3 Å². The first-order chi connectivity index (χ1) is 14.5. The second-order valence-electron chi connectivity index (χ2n) is 7.59. The molecule has 0 spiro atoms. The van der Waals surface area contributed by atoms with Gasteiger partial charge in [0.05, 0.1) is 13.2 Å². The van der Waals surface area contributed by atoms with E-state index in [1.54, 1.807) is 24.3 Å². The molecule has 1 aromatic rings. The van der Waals surface area contributed by atoms with Crippen molar-refractivity contribution in [3.05, 3.63) is 29.8 Å². The number of nitrogens with one attached hydrogen (secondary N) is 2. The summed E-state index contributed by atoms with van der Waals surface area (Å²) in [6, 6.07) is 4.85. The average Bonchev–Trinajstić information content (AvgIpc) is 2.97. The molecule has 1 heterocycles. The Balaban J connectivity index is 1.41. The number of esters is 1. The highest BCUT2D eigenvalue weighted by molar-refractivity contribution is 5.96. The Labute approximate surface area is 175 Å². The predicted molar refractivity (Wildman–Crippen MR) is 110 cm³/mol. The standard InChI is InChI=1S/C22H28N2O6/c1-15-5-2-3-6-17(15)23-22(27)24-20(25)14-30-21(26)10-8-16-7-9-18-19(13-16)29-12-4-11-28-18/h7-10,13,15,17H,2-6,11-12,14H2,1H3,(H2,23,24,25,27)/b10-8+/t15-,17-/m1/s1. The van der Waals surface area contributed by atoms with Crippen molar-refractivity contribution >= 4 is 24.0 Å². The van der Waals surface area contributed by atoms with Gasteiger partial charge in [-0.05, 0) is 42.5 Å². The minimum Gasteiger partial charge on any atom is -0.490 e. The highest BCUT2D eigenvalue weighted by Gasteiger charge is 2.23. The molecule has 30 heavy (non-hydrogen) atoms. The Bertz CT molecular complexity index is 807. The van der Waals surface area contributed by atoms with E-state index in [1.807, 2.05) is 0 Å². The fraction of sp³-hybridized carbons (Fsp3) is 0.500. The number of carbonyl (C=O) groups excluding carboxylic acids is 3. The number of hydrogen-bond acceptors (Lipinski definition) is 6. The van der Waals surface area contributed by atoms with Crippen molar-refractivity contribution < 1.29 is 28.6 Å². The van der Waals surface area contributed by atoms with Crippen LogP contribution in [0.1, 0.15) is 44.6 Å². The Kier molecular flexibility index (Phi) is 7.70. The minimum absolute atomic E-state index is 0.0623. The van der Waals surface area contributed by atoms with Crippen LogP contribution < -0.4 is 20.1 Å². The molecule has 1 aliphatic carbocycles. The number of hydrogen-bond donors (Lipinski definition) is 2. The lowest BCUT2D eigenvalue weighted by molar-refractivity contribution is -0.143. The van der Waals surface area contributed by atoms with Gasteiger partial charge in [0, 0.05) is 18.5 Å². The summed E-state index contributed by atoms with van der Waals surface area (Å²) in [4.78, 5) is 35.7. The van der Waals surface area contributed by atoms with E-state index in [9.17, 15) is 14.4 Å². The van der Waals surface area contributed by atoms with E-state index < -0.39 is 24.5 Å². The number of imide groups is 1. The van der Waals surface area contributed by atoms with Gasteiger partial charge in [-0.25, -0.2) is 9.59 Å². The third kappa shape index (κ3) is 6.50. The van der Waals surface area contributed by atoms with E-state index >= 15 is 0 Å². The molecule has 2 atom stereocenters. The second kappa shape index (κ2) is 10.7. The number of rotatable bonds is 5. The number of carbonyl (C=O) groups is 3. The summed E-state index contributed by atoms with van der Waals surface area (Å²) in [5.41, 5.74) is 0.738. The quantitative estimate of drug-likeness (QED) is 0.565. The van der Waals surface area contributed by atoms with E-state index in [2.05, 4.69) is 17.6 Å². The minimum atomic E-state index is -0.682. The Morgan fingerprint density at radius 2 is 1.87 bits per heavy atom. The number of ether oxygens (including phenoxy) is 3. The summed E-state index contributed by atoms with van der Waals surface area (Å²) in [5.74, 6) is 0.324. The van der Waals surface area contributed by atoms with Gasteiger partial charge in [0.1, 0.15) is 0 Å². The summed E-state index contributed by atoms with van der Waals surface area (Å²) < 4.78 is 16.1. The molecule has 1 aromatic carbocycles. The molecule has 8 heteroatoms. The van der Waals surface area contributed by atoms with Crippen molar-refractivity contribution in [2.24, 2.45) is 5.92 Å². The van der Waals surface area contributed by atoms with Crippen molar-refractivity contribution in [2.45, 2.75) is 45.1 Å². The van der Waals surface area contributed by atoms with E-state index in [4.69, 9.17) is 14.2 Å². The number of benzene rings is 1. The number of fused-ring (bicyclic) bond motifs is 1. The van der Waals surface area contributed by atoms with Crippen LogP contribution in [0.5, 0.6) is 11.5 Å². The van der Waals surface area contributed by atoms with Crippen molar-refractivity contribution in [3.63, 3.8) is 0 Å². The van der Waals surface area contributed by atoms with Crippen LogP contribution in [0.2, 0.25) is 0 Å². The highest BCUT2D eigenvalue weighted by atomic mass is 16.5. The first-order valence-electron chi connectivity index (χ1n) is 10.4. The normalized spacial score (nSPS) is 20.8. The molecule has 2 N–H and O–H groups in total. The molecule has 8 nitrogen and oxygen atoms in total. The molecule has 1 fully saturated rings. The predicted octanol–water partition coefficient (Wildman–Crippen LogP) is 2.81. The first-order valence-corrected chi connectivity index (χ1v) is 10.4. The van der Waals surface area contributed by atoms with E-state index in [1.165, 1.54) is 6.08 Å². The molecule has 1 saturated carbocycles. The van der Waals surface area contributed by atoms with Crippen LogP contribution in [0, 0.1) is 5.92 Å². The van der Waals surface area contributed by atoms with Crippen molar-refractivity contribution in [2.75, 3.05) is 19.8 Å². The Morgan fingerprint density at radius 3 is 2.67 bits per heavy atom. The zero-order valence-corrected chi connectivity index (χ0v) is 17.1. The van der Waals surface area contributed by atoms with Crippen molar-refractivity contribution in [3.8, 4) is 11.5 Å². The van der Waals surface area contributed by atoms with Gasteiger partial charge in [-0.1, -0.05) is 25.8 Å². The first kappa shape index (κ1) is 21.7. The summed E-state index contributed by atoms with van der Waals surface area (Å²) in [5, 5.41) is 5.01. The third-order valence-electron chi connectivity index (χ3n) is 5.21. The van der Waals surface area contributed by atoms with Gasteiger partial charge in [-0.3, -0.25) is 10.1 Å². The van der Waals surface area contributed by atoms with Crippen molar-refractivity contribution in [1.82, 2.24) is 10.6 Å². The fourth-order valence-electron chi connectivity index (χ4n) is 3.53. The van der Waals surface area contributed by atoms with Gasteiger partial charge in [-0.2, -0.15) is 0 Å². The van der Waals surface area contributed by atoms with Gasteiger partial charge < -0.3 is 19.5 Å². The van der Waals surface area contributed by atoms with E-state index in [0.29, 0.717) is 30.6 Å². The molecule has 0 aromatic heterocycles. The van der Waals surface area contributed by atoms with E-state index in [-0.39, 0.29) is 6.04 Å². The van der Waals surface area contributed by atoms with Crippen LogP contribution in [0.4, 0.5) is 4.79 Å². The Hall–Kier alpha value is -3.03. The van der Waals surface area contributed by atoms with Crippen LogP contribution in [-0.4, -0.2) is 43.8 Å². The topological polar surface area (TPSA) is 103 Å². The van der Waals surface area contributed by atoms with Crippen LogP contribution >= 0.6 is 0 Å². The molecule has 3 amide bonds. The number of urea groups is 1. The van der Waals surface area contributed by atoms with Crippen LogP contribution in [0.25, 0.3) is 6.08 Å². The SMILES string of the molecule is C[C@@H]1CCCC[C@H]1NC(=O)NC(=O)COC(=O)/C=C/c1ccc2c(c1)OCCCO2. The molecule has 2 aliphatic rings. The molecule has 3 rings (SSSR count).